The summed E-state index contributed by atoms with van der Waals surface area (Å²) >= 11 is 0. The fraction of sp³-hybridized carbons (Fsp3) is 0.357. The predicted molar refractivity (Wildman–Crippen MR) is 75.7 cm³/mol. The van der Waals surface area contributed by atoms with Gasteiger partial charge in [0, 0.05) is 30.9 Å². The second-order valence-corrected chi connectivity index (χ2v) is 4.92. The minimum absolute atomic E-state index is 0.212. The van der Waals surface area contributed by atoms with Crippen LogP contribution < -0.4 is 11.1 Å². The van der Waals surface area contributed by atoms with Crippen LogP contribution in [0, 0.1) is 0 Å². The lowest BCUT2D eigenvalue weighted by atomic mass is 10.1. The van der Waals surface area contributed by atoms with E-state index in [1.807, 2.05) is 38.1 Å². The average molecular weight is 245 g/mol. The molecular formula is C14H19N3O. The number of nitrogens with one attached hydrogen (secondary N) is 1. The summed E-state index contributed by atoms with van der Waals surface area (Å²) < 4.78 is 5.39. The Kier molecular flexibility index (Phi) is 3.39. The molecule has 96 valence electrons. The molecule has 0 unspecified atom stereocenters. The number of nitrogens with zero attached hydrogens (tertiary/aromatic N) is 1. The van der Waals surface area contributed by atoms with Gasteiger partial charge in [0.2, 0.25) is 0 Å². The highest BCUT2D eigenvalue weighted by Gasteiger charge is 2.16. The molecule has 3 N–H and O–H groups in total. The third kappa shape index (κ3) is 2.54. The second-order valence-electron chi connectivity index (χ2n) is 4.92. The first-order valence-corrected chi connectivity index (χ1v) is 5.96. The van der Waals surface area contributed by atoms with Crippen LogP contribution in [0.5, 0.6) is 0 Å². The van der Waals surface area contributed by atoms with E-state index in [1.165, 1.54) is 0 Å². The number of hydrogen-bond donors (Lipinski definition) is 2. The molecule has 0 aliphatic carbocycles. The normalized spacial score (nSPS) is 11.7. The van der Waals surface area contributed by atoms with Crippen molar-refractivity contribution in [2.24, 2.45) is 0 Å². The Hall–Kier alpha value is -1.81. The number of rotatable bonds is 4. The molecule has 1 heterocycles. The molecule has 1 aromatic carbocycles. The van der Waals surface area contributed by atoms with Gasteiger partial charge in [0.1, 0.15) is 0 Å². The van der Waals surface area contributed by atoms with Gasteiger partial charge in [-0.15, -0.1) is 0 Å². The molecule has 0 aliphatic rings. The maximum atomic E-state index is 5.92. The number of ether oxygens (including phenoxy) is 1. The summed E-state index contributed by atoms with van der Waals surface area (Å²) in [4.78, 5) is 4.31. The summed E-state index contributed by atoms with van der Waals surface area (Å²) in [7, 11) is 1.71. The van der Waals surface area contributed by atoms with E-state index in [0.29, 0.717) is 5.69 Å². The van der Waals surface area contributed by atoms with Crippen LogP contribution in [0.15, 0.2) is 30.5 Å². The standard InChI is InChI=1S/C14H19N3O/c1-14(2,18-3)9-17-12-7-6-11(15)13-10(12)5-4-8-16-13/h4-8,17H,9,15H2,1-3H3. The van der Waals surface area contributed by atoms with Crippen LogP contribution >= 0.6 is 0 Å². The Morgan fingerprint density at radius 2 is 2.11 bits per heavy atom. The highest BCUT2D eigenvalue weighted by molar-refractivity contribution is 5.98. The fourth-order valence-corrected chi connectivity index (χ4v) is 1.73. The van der Waals surface area contributed by atoms with Crippen molar-refractivity contribution < 1.29 is 4.74 Å². The summed E-state index contributed by atoms with van der Waals surface area (Å²) in [5, 5.41) is 4.42. The molecule has 4 heteroatoms. The number of fused-ring (bicyclic) bond motifs is 1. The molecule has 1 aromatic heterocycles. The highest BCUT2D eigenvalue weighted by Crippen LogP contribution is 2.26. The van der Waals surface area contributed by atoms with Crippen LogP contribution in [0.1, 0.15) is 13.8 Å². The van der Waals surface area contributed by atoms with Gasteiger partial charge < -0.3 is 15.8 Å². The highest BCUT2D eigenvalue weighted by atomic mass is 16.5. The minimum atomic E-state index is -0.212. The summed E-state index contributed by atoms with van der Waals surface area (Å²) in [6, 6.07) is 7.78. The number of hydrogen-bond acceptors (Lipinski definition) is 4. The van der Waals surface area contributed by atoms with Crippen molar-refractivity contribution in [3.05, 3.63) is 30.5 Å². The minimum Gasteiger partial charge on any atom is -0.397 e. The van der Waals surface area contributed by atoms with E-state index in [4.69, 9.17) is 10.5 Å². The zero-order valence-electron chi connectivity index (χ0n) is 11.0. The van der Waals surface area contributed by atoms with Gasteiger partial charge in [0.15, 0.2) is 0 Å². The number of aromatic nitrogens is 1. The van der Waals surface area contributed by atoms with Gasteiger partial charge in [0.05, 0.1) is 16.8 Å². The van der Waals surface area contributed by atoms with Crippen molar-refractivity contribution in [2.45, 2.75) is 19.4 Å². The van der Waals surface area contributed by atoms with Gasteiger partial charge >= 0.3 is 0 Å². The Balaban J connectivity index is 2.32. The van der Waals surface area contributed by atoms with Crippen LogP contribution in [0.2, 0.25) is 0 Å². The molecule has 0 saturated heterocycles. The Morgan fingerprint density at radius 3 is 2.83 bits per heavy atom. The monoisotopic (exact) mass is 245 g/mol. The number of pyridine rings is 1. The van der Waals surface area contributed by atoms with Crippen molar-refractivity contribution in [1.29, 1.82) is 0 Å². The zero-order valence-corrected chi connectivity index (χ0v) is 11.0. The van der Waals surface area contributed by atoms with E-state index >= 15 is 0 Å². The number of benzene rings is 1. The van der Waals surface area contributed by atoms with E-state index in [1.54, 1.807) is 13.3 Å². The molecule has 0 aliphatic heterocycles. The predicted octanol–water partition coefficient (Wildman–Crippen LogP) is 2.65. The molecule has 0 fully saturated rings. The van der Waals surface area contributed by atoms with E-state index in [9.17, 15) is 0 Å². The van der Waals surface area contributed by atoms with Crippen LogP contribution in [0.4, 0.5) is 11.4 Å². The number of methoxy groups -OCH3 is 1. The van der Waals surface area contributed by atoms with E-state index in [0.717, 1.165) is 23.1 Å². The second kappa shape index (κ2) is 4.82. The Labute approximate surface area is 107 Å². The van der Waals surface area contributed by atoms with Crippen LogP contribution in [0.25, 0.3) is 10.9 Å². The van der Waals surface area contributed by atoms with Crippen LogP contribution in [-0.2, 0) is 4.74 Å². The lowest BCUT2D eigenvalue weighted by molar-refractivity contribution is 0.0344. The third-order valence-electron chi connectivity index (χ3n) is 3.06. The van der Waals surface area contributed by atoms with Crippen LogP contribution in [0.3, 0.4) is 0 Å². The molecule has 2 rings (SSSR count). The fourth-order valence-electron chi connectivity index (χ4n) is 1.73. The van der Waals surface area contributed by atoms with E-state index in [2.05, 4.69) is 10.3 Å². The molecule has 18 heavy (non-hydrogen) atoms. The molecule has 0 spiro atoms. The lowest BCUT2D eigenvalue weighted by Gasteiger charge is -2.24. The Morgan fingerprint density at radius 1 is 1.33 bits per heavy atom. The molecule has 2 aromatic rings. The van der Waals surface area contributed by atoms with Gasteiger partial charge in [-0.2, -0.15) is 0 Å². The van der Waals surface area contributed by atoms with Crippen molar-refractivity contribution in [1.82, 2.24) is 4.98 Å². The first-order valence-electron chi connectivity index (χ1n) is 5.96. The molecule has 0 atom stereocenters. The third-order valence-corrected chi connectivity index (χ3v) is 3.06. The maximum Gasteiger partial charge on any atom is 0.0951 e. The topological polar surface area (TPSA) is 60.2 Å². The molecule has 0 radical (unpaired) electrons. The molecular weight excluding hydrogens is 226 g/mol. The van der Waals surface area contributed by atoms with E-state index < -0.39 is 0 Å². The summed E-state index contributed by atoms with van der Waals surface area (Å²) in [5.74, 6) is 0. The van der Waals surface area contributed by atoms with Crippen molar-refractivity contribution >= 4 is 22.3 Å². The first-order chi connectivity index (χ1) is 8.53. The number of anilines is 2. The van der Waals surface area contributed by atoms with Gasteiger partial charge in [-0.05, 0) is 38.1 Å². The maximum absolute atomic E-state index is 5.92. The summed E-state index contributed by atoms with van der Waals surface area (Å²) in [5.41, 5.74) is 8.26. The van der Waals surface area contributed by atoms with Crippen molar-refractivity contribution in [3.63, 3.8) is 0 Å². The van der Waals surface area contributed by atoms with Crippen molar-refractivity contribution in [2.75, 3.05) is 24.7 Å². The summed E-state index contributed by atoms with van der Waals surface area (Å²) in [6.07, 6.45) is 1.75. The lowest BCUT2D eigenvalue weighted by Crippen LogP contribution is -2.32. The van der Waals surface area contributed by atoms with Gasteiger partial charge in [-0.1, -0.05) is 0 Å². The molecule has 0 amide bonds. The number of nitrogen functional groups attached to an aromatic ring is 1. The largest absolute Gasteiger partial charge is 0.397 e. The van der Waals surface area contributed by atoms with Gasteiger partial charge in [0.25, 0.3) is 0 Å². The number of nitrogens with two attached hydrogens (primary N) is 1. The smallest absolute Gasteiger partial charge is 0.0951 e. The molecule has 4 nitrogen and oxygen atoms in total. The van der Waals surface area contributed by atoms with Gasteiger partial charge in [-0.25, -0.2) is 0 Å². The molecule has 0 bridgehead atoms. The first kappa shape index (κ1) is 12.6. The van der Waals surface area contributed by atoms with Crippen LogP contribution in [-0.4, -0.2) is 24.2 Å². The Bertz CT molecular complexity index is 552. The SMILES string of the molecule is COC(C)(C)CNc1ccc(N)c2ncccc12. The quantitative estimate of drug-likeness (QED) is 0.813. The summed E-state index contributed by atoms with van der Waals surface area (Å²) in [6.45, 7) is 4.80. The zero-order chi connectivity index (χ0) is 13.2. The average Bonchev–Trinajstić information content (AvgIpc) is 2.38. The van der Waals surface area contributed by atoms with Gasteiger partial charge in [-0.3, -0.25) is 4.98 Å². The van der Waals surface area contributed by atoms with E-state index in [-0.39, 0.29) is 5.60 Å². The molecule has 0 saturated carbocycles. The van der Waals surface area contributed by atoms with Crippen molar-refractivity contribution in [3.8, 4) is 0 Å².